The Labute approximate surface area is 150 Å². The Balaban J connectivity index is 1.70. The molecule has 130 valence electrons. The molecule has 1 aliphatic rings. The number of carbonyl (C=O) groups is 1. The molecule has 1 aromatic carbocycles. The summed E-state index contributed by atoms with van der Waals surface area (Å²) in [6.45, 7) is 7.48. The highest BCUT2D eigenvalue weighted by Gasteiger charge is 2.17. The summed E-state index contributed by atoms with van der Waals surface area (Å²) in [4.78, 5) is 17.0. The molecule has 6 nitrogen and oxygen atoms in total. The third-order valence-corrected chi connectivity index (χ3v) is 3.90. The van der Waals surface area contributed by atoms with Crippen molar-refractivity contribution in [3.63, 3.8) is 0 Å². The fourth-order valence-electron chi connectivity index (χ4n) is 2.03. The number of benzene rings is 1. The molecule has 0 saturated carbocycles. The van der Waals surface area contributed by atoms with E-state index in [0.29, 0.717) is 30.6 Å². The molecule has 1 atom stereocenters. The van der Waals surface area contributed by atoms with Gasteiger partial charge in [-0.1, -0.05) is 33.7 Å². The molecule has 1 unspecified atom stereocenters. The van der Waals surface area contributed by atoms with Crippen molar-refractivity contribution in [3.8, 4) is 5.75 Å². The lowest BCUT2D eigenvalue weighted by Crippen LogP contribution is -2.33. The summed E-state index contributed by atoms with van der Waals surface area (Å²) in [5.41, 5.74) is 0.234. The van der Waals surface area contributed by atoms with E-state index in [1.54, 1.807) is 6.92 Å². The minimum atomic E-state index is -0.261. The first kappa shape index (κ1) is 18.5. The molecule has 7 heteroatoms. The first-order valence-electron chi connectivity index (χ1n) is 7.68. The van der Waals surface area contributed by atoms with E-state index in [9.17, 15) is 4.79 Å². The van der Waals surface area contributed by atoms with Gasteiger partial charge in [0.25, 0.3) is 5.91 Å². The van der Waals surface area contributed by atoms with Crippen LogP contribution in [0, 0.1) is 5.92 Å². The van der Waals surface area contributed by atoms with Crippen molar-refractivity contribution in [3.05, 3.63) is 41.1 Å². The van der Waals surface area contributed by atoms with E-state index in [2.05, 4.69) is 33.0 Å². The number of amides is 1. The summed E-state index contributed by atoms with van der Waals surface area (Å²) in [5.74, 6) is 1.11. The number of oxime groups is 1. The summed E-state index contributed by atoms with van der Waals surface area (Å²) in [6.07, 6.45) is 0.969. The van der Waals surface area contributed by atoms with Gasteiger partial charge in [0.05, 0.1) is 6.61 Å². The van der Waals surface area contributed by atoms with Crippen molar-refractivity contribution in [2.75, 3.05) is 26.4 Å². The highest BCUT2D eigenvalue weighted by molar-refractivity contribution is 9.10. The maximum atomic E-state index is 11.9. The summed E-state index contributed by atoms with van der Waals surface area (Å²) in [7, 11) is 0. The van der Waals surface area contributed by atoms with Gasteiger partial charge in [0.15, 0.2) is 5.76 Å². The molecule has 0 aromatic heterocycles. The van der Waals surface area contributed by atoms with Gasteiger partial charge >= 0.3 is 0 Å². The minimum absolute atomic E-state index is 0.147. The zero-order valence-corrected chi connectivity index (χ0v) is 15.2. The van der Waals surface area contributed by atoms with Crippen molar-refractivity contribution in [1.82, 2.24) is 5.32 Å². The number of nitrogens with zero attached hydrogens (tertiary/aromatic N) is 1. The number of hydrogen-bond acceptors (Lipinski definition) is 5. The van der Waals surface area contributed by atoms with Crippen molar-refractivity contribution in [2.45, 2.75) is 13.3 Å². The number of carbonyl (C=O) groups excluding carboxylic acids is 1. The summed E-state index contributed by atoms with van der Waals surface area (Å²) in [6, 6.07) is 7.43. The van der Waals surface area contributed by atoms with Crippen LogP contribution in [-0.2, 0) is 14.4 Å². The number of nitrogens with one attached hydrogen (secondary N) is 1. The van der Waals surface area contributed by atoms with E-state index in [0.717, 1.165) is 17.5 Å². The summed E-state index contributed by atoms with van der Waals surface area (Å²) >= 11 is 3.37. The van der Waals surface area contributed by atoms with Gasteiger partial charge < -0.3 is 19.6 Å². The highest BCUT2D eigenvalue weighted by atomic mass is 79.9. The number of ether oxygens (including phenoxy) is 2. The Morgan fingerprint density at radius 3 is 3.08 bits per heavy atom. The van der Waals surface area contributed by atoms with Gasteiger partial charge in [-0.05, 0) is 31.5 Å². The molecule has 0 aliphatic carbocycles. The zero-order valence-electron chi connectivity index (χ0n) is 13.6. The van der Waals surface area contributed by atoms with Gasteiger partial charge in [-0.25, -0.2) is 0 Å². The van der Waals surface area contributed by atoms with Crippen LogP contribution in [-0.4, -0.2) is 38.0 Å². The molecule has 2 rings (SSSR count). The molecule has 1 fully saturated rings. The molecule has 24 heavy (non-hydrogen) atoms. The van der Waals surface area contributed by atoms with Gasteiger partial charge in [-0.15, -0.1) is 0 Å². The molecule has 1 aliphatic heterocycles. The van der Waals surface area contributed by atoms with Gasteiger partial charge in [0.1, 0.15) is 18.1 Å². The molecular formula is C17H21BrN2O4. The molecule has 1 aromatic rings. The SMILES string of the molecule is C=C(COc1cccc(Br)c1)O/N=C(\C)C(=O)NCC1CCOC1. The maximum Gasteiger partial charge on any atom is 0.268 e. The second-order valence-electron chi connectivity index (χ2n) is 5.49. The average Bonchev–Trinajstić information content (AvgIpc) is 3.09. The maximum absolute atomic E-state index is 11.9. The molecule has 0 spiro atoms. The van der Waals surface area contributed by atoms with Crippen LogP contribution >= 0.6 is 15.9 Å². The Bertz CT molecular complexity index is 612. The number of halogens is 1. The van der Waals surface area contributed by atoms with Gasteiger partial charge in [-0.2, -0.15) is 0 Å². The second kappa shape index (κ2) is 9.44. The second-order valence-corrected chi connectivity index (χ2v) is 6.41. The van der Waals surface area contributed by atoms with E-state index >= 15 is 0 Å². The van der Waals surface area contributed by atoms with Crippen LogP contribution in [0.1, 0.15) is 13.3 Å². The summed E-state index contributed by atoms with van der Waals surface area (Å²) < 4.78 is 11.7. The Kier molecular flexibility index (Phi) is 7.27. The monoisotopic (exact) mass is 396 g/mol. The lowest BCUT2D eigenvalue weighted by molar-refractivity contribution is -0.115. The van der Waals surface area contributed by atoms with Crippen molar-refractivity contribution < 1.29 is 19.1 Å². The van der Waals surface area contributed by atoms with E-state index in [4.69, 9.17) is 14.3 Å². The lowest BCUT2D eigenvalue weighted by Gasteiger charge is -2.10. The number of hydrogen-bond donors (Lipinski definition) is 1. The quantitative estimate of drug-likeness (QED) is 0.416. The van der Waals surface area contributed by atoms with Crippen molar-refractivity contribution in [2.24, 2.45) is 11.1 Å². The first-order chi connectivity index (χ1) is 11.5. The zero-order chi connectivity index (χ0) is 17.4. The standard InChI is InChI=1S/C17H21BrN2O4/c1-12(10-23-16-5-3-4-15(18)8-16)24-20-13(2)17(21)19-9-14-6-7-22-11-14/h3-5,8,14H,1,6-7,9-11H2,2H3,(H,19,21)/b20-13+. The van der Waals surface area contributed by atoms with Crippen molar-refractivity contribution in [1.29, 1.82) is 0 Å². The molecule has 1 N–H and O–H groups in total. The van der Waals surface area contributed by atoms with Gasteiger partial charge in [0.2, 0.25) is 0 Å². The minimum Gasteiger partial charge on any atom is -0.486 e. The normalized spacial score (nSPS) is 17.4. The Hall–Kier alpha value is -1.86. The van der Waals surface area contributed by atoms with Crippen LogP contribution in [0.2, 0.25) is 0 Å². The van der Waals surface area contributed by atoms with Crippen LogP contribution in [0.4, 0.5) is 0 Å². The van der Waals surface area contributed by atoms with E-state index in [-0.39, 0.29) is 18.2 Å². The molecule has 0 radical (unpaired) electrons. The lowest BCUT2D eigenvalue weighted by atomic mass is 10.1. The third kappa shape index (κ3) is 6.33. The number of rotatable bonds is 8. The Morgan fingerprint density at radius 1 is 1.54 bits per heavy atom. The third-order valence-electron chi connectivity index (χ3n) is 3.41. The predicted molar refractivity (Wildman–Crippen MR) is 94.9 cm³/mol. The fraction of sp³-hybridized carbons (Fsp3) is 0.412. The van der Waals surface area contributed by atoms with Gasteiger partial charge in [-0.3, -0.25) is 4.79 Å². The van der Waals surface area contributed by atoms with E-state index in [1.165, 1.54) is 0 Å². The smallest absolute Gasteiger partial charge is 0.268 e. The van der Waals surface area contributed by atoms with Gasteiger partial charge in [0, 0.05) is 23.5 Å². The largest absolute Gasteiger partial charge is 0.486 e. The average molecular weight is 397 g/mol. The van der Waals surface area contributed by atoms with Crippen LogP contribution in [0.25, 0.3) is 0 Å². The molecule has 1 heterocycles. The first-order valence-corrected chi connectivity index (χ1v) is 8.47. The van der Waals surface area contributed by atoms with E-state index in [1.807, 2.05) is 24.3 Å². The van der Waals surface area contributed by atoms with Crippen molar-refractivity contribution >= 4 is 27.5 Å². The molecule has 1 saturated heterocycles. The highest BCUT2D eigenvalue weighted by Crippen LogP contribution is 2.18. The van der Waals surface area contributed by atoms with Crippen LogP contribution in [0.15, 0.2) is 46.2 Å². The molecule has 1 amide bonds. The predicted octanol–water partition coefficient (Wildman–Crippen LogP) is 2.89. The fourth-order valence-corrected chi connectivity index (χ4v) is 2.41. The topological polar surface area (TPSA) is 69.2 Å². The molecule has 0 bridgehead atoms. The van der Waals surface area contributed by atoms with E-state index < -0.39 is 0 Å². The van der Waals surface area contributed by atoms with Crippen LogP contribution < -0.4 is 10.1 Å². The molecular weight excluding hydrogens is 376 g/mol. The van der Waals surface area contributed by atoms with Crippen LogP contribution in [0.3, 0.4) is 0 Å². The van der Waals surface area contributed by atoms with Crippen LogP contribution in [0.5, 0.6) is 5.75 Å². The Morgan fingerprint density at radius 2 is 2.38 bits per heavy atom. The summed E-state index contributed by atoms with van der Waals surface area (Å²) in [5, 5.41) is 6.60.